The van der Waals surface area contributed by atoms with Crippen molar-refractivity contribution in [2.75, 3.05) is 12.3 Å². The molecule has 2 heterocycles. The van der Waals surface area contributed by atoms with E-state index >= 15 is 0 Å². The van der Waals surface area contributed by atoms with E-state index in [2.05, 4.69) is 0 Å². The molecule has 0 spiro atoms. The van der Waals surface area contributed by atoms with Crippen molar-refractivity contribution < 1.29 is 23.5 Å². The second-order valence-corrected chi connectivity index (χ2v) is 7.78. The molecule has 0 amide bonds. The van der Waals surface area contributed by atoms with Gasteiger partial charge in [-0.15, -0.1) is 0 Å². The number of aromatic nitrogens is 2. The minimum absolute atomic E-state index is 0.0438. The lowest BCUT2D eigenvalue weighted by molar-refractivity contribution is 0.0440. The van der Waals surface area contributed by atoms with Crippen LogP contribution in [0.5, 0.6) is 5.75 Å². The number of nitrogens with two attached hydrogens (primary N) is 1. The number of ketones is 1. The smallest absolute Gasteiger partial charge is 0.374 e. The van der Waals surface area contributed by atoms with Gasteiger partial charge in [0.25, 0.3) is 5.56 Å². The number of rotatable bonds is 9. The van der Waals surface area contributed by atoms with E-state index in [1.54, 1.807) is 18.2 Å². The fraction of sp³-hybridized carbons (Fsp3) is 0.304. The van der Waals surface area contributed by atoms with E-state index in [1.807, 2.05) is 32.0 Å². The van der Waals surface area contributed by atoms with Crippen molar-refractivity contribution in [3.8, 4) is 5.75 Å². The molecule has 0 saturated carbocycles. The summed E-state index contributed by atoms with van der Waals surface area (Å²) >= 11 is 0. The van der Waals surface area contributed by atoms with Crippen molar-refractivity contribution in [3.63, 3.8) is 0 Å². The maximum atomic E-state index is 12.7. The summed E-state index contributed by atoms with van der Waals surface area (Å²) in [7, 11) is 1.26. The summed E-state index contributed by atoms with van der Waals surface area (Å²) in [5.41, 5.74) is 4.09. The molecule has 33 heavy (non-hydrogen) atoms. The number of ether oxygens (including phenoxy) is 2. The Hall–Kier alpha value is -4.08. The van der Waals surface area contributed by atoms with E-state index in [1.165, 1.54) is 13.1 Å². The molecular formula is C23H25N3O7. The number of nitrogen functional groups attached to an aromatic ring is 1. The van der Waals surface area contributed by atoms with Crippen LogP contribution in [0.4, 0.5) is 5.82 Å². The van der Waals surface area contributed by atoms with Crippen LogP contribution in [0.2, 0.25) is 0 Å². The highest BCUT2D eigenvalue weighted by molar-refractivity contribution is 6.02. The standard InChI is InChI=1S/C23H25N3O7/c1-14(2)11-26-20(24)19(21(28)25(3)23(26)30)17(27)13-32-22(29)18-10-9-16(33-18)12-31-15-7-5-4-6-8-15/h4-10,14H,11-13,24H2,1-3H3. The average molecular weight is 455 g/mol. The summed E-state index contributed by atoms with van der Waals surface area (Å²) < 4.78 is 17.9. The molecule has 0 radical (unpaired) electrons. The van der Waals surface area contributed by atoms with Gasteiger partial charge < -0.3 is 19.6 Å². The van der Waals surface area contributed by atoms with E-state index in [-0.39, 0.29) is 30.6 Å². The van der Waals surface area contributed by atoms with Gasteiger partial charge in [-0.3, -0.25) is 18.7 Å². The highest BCUT2D eigenvalue weighted by Gasteiger charge is 2.24. The normalized spacial score (nSPS) is 10.9. The lowest BCUT2D eigenvalue weighted by Gasteiger charge is -2.16. The third kappa shape index (κ3) is 5.40. The first kappa shape index (κ1) is 23.6. The molecule has 2 aromatic heterocycles. The maximum Gasteiger partial charge on any atom is 0.374 e. The van der Waals surface area contributed by atoms with E-state index in [0.29, 0.717) is 11.5 Å². The van der Waals surface area contributed by atoms with Crippen molar-refractivity contribution in [2.45, 2.75) is 27.0 Å². The largest absolute Gasteiger partial charge is 0.486 e. The molecule has 0 bridgehead atoms. The third-order valence-corrected chi connectivity index (χ3v) is 4.73. The van der Waals surface area contributed by atoms with Crippen molar-refractivity contribution in [3.05, 3.63) is 80.4 Å². The number of benzene rings is 1. The van der Waals surface area contributed by atoms with Crippen LogP contribution >= 0.6 is 0 Å². The summed E-state index contributed by atoms with van der Waals surface area (Å²) in [5, 5.41) is 0. The van der Waals surface area contributed by atoms with Gasteiger partial charge in [0.1, 0.15) is 29.5 Å². The molecule has 3 aromatic rings. The number of anilines is 1. The van der Waals surface area contributed by atoms with Gasteiger partial charge in [-0.2, -0.15) is 0 Å². The molecule has 0 atom stereocenters. The minimum Gasteiger partial charge on any atom is -0.486 e. The summed E-state index contributed by atoms with van der Waals surface area (Å²) in [6, 6.07) is 12.0. The Morgan fingerprint density at radius 2 is 1.79 bits per heavy atom. The monoisotopic (exact) mass is 455 g/mol. The van der Waals surface area contributed by atoms with Crippen LogP contribution in [0.15, 0.2) is 56.5 Å². The van der Waals surface area contributed by atoms with Crippen molar-refractivity contribution >= 4 is 17.6 Å². The number of nitrogens with zero attached hydrogens (tertiary/aromatic N) is 2. The first-order valence-corrected chi connectivity index (χ1v) is 10.2. The number of furan rings is 1. The zero-order chi connectivity index (χ0) is 24.1. The lowest BCUT2D eigenvalue weighted by Crippen LogP contribution is -2.43. The number of Topliss-reactive ketones (excluding diaryl/α,β-unsaturated/α-hetero) is 1. The van der Waals surface area contributed by atoms with Crippen molar-refractivity contribution in [2.24, 2.45) is 13.0 Å². The third-order valence-electron chi connectivity index (χ3n) is 4.73. The Bertz CT molecular complexity index is 1270. The molecule has 0 aliphatic carbocycles. The van der Waals surface area contributed by atoms with Gasteiger partial charge in [-0.1, -0.05) is 32.0 Å². The molecule has 0 aliphatic rings. The minimum atomic E-state index is -0.889. The highest BCUT2D eigenvalue weighted by atomic mass is 16.5. The Morgan fingerprint density at radius 3 is 2.45 bits per heavy atom. The van der Waals surface area contributed by atoms with E-state index in [0.717, 1.165) is 9.13 Å². The van der Waals surface area contributed by atoms with Crippen LogP contribution in [0, 0.1) is 5.92 Å². The summed E-state index contributed by atoms with van der Waals surface area (Å²) in [5.74, 6) is -1.02. The van der Waals surface area contributed by atoms with Gasteiger partial charge >= 0.3 is 11.7 Å². The highest BCUT2D eigenvalue weighted by Crippen LogP contribution is 2.15. The van der Waals surface area contributed by atoms with Crippen LogP contribution in [0.3, 0.4) is 0 Å². The van der Waals surface area contributed by atoms with Gasteiger partial charge in [-0.05, 0) is 30.2 Å². The van der Waals surface area contributed by atoms with Crippen molar-refractivity contribution in [1.29, 1.82) is 0 Å². The molecule has 1 aromatic carbocycles. The molecule has 0 fully saturated rings. The molecule has 10 heteroatoms. The number of hydrogen-bond donors (Lipinski definition) is 1. The molecule has 3 rings (SSSR count). The fourth-order valence-corrected chi connectivity index (χ4v) is 3.10. The molecular weight excluding hydrogens is 430 g/mol. The van der Waals surface area contributed by atoms with Crippen LogP contribution < -0.4 is 21.7 Å². The van der Waals surface area contributed by atoms with E-state index < -0.39 is 35.2 Å². The Kier molecular flexibility index (Phi) is 7.17. The molecule has 0 saturated heterocycles. The van der Waals surface area contributed by atoms with Gasteiger partial charge in [0.2, 0.25) is 11.5 Å². The zero-order valence-electron chi connectivity index (χ0n) is 18.6. The topological polar surface area (TPSA) is 136 Å². The van der Waals surface area contributed by atoms with Gasteiger partial charge in [0, 0.05) is 13.6 Å². The van der Waals surface area contributed by atoms with Gasteiger partial charge in [0.05, 0.1) is 0 Å². The first-order chi connectivity index (χ1) is 15.7. The molecule has 0 aliphatic heterocycles. The summed E-state index contributed by atoms with van der Waals surface area (Å²) in [4.78, 5) is 49.8. The van der Waals surface area contributed by atoms with Gasteiger partial charge in [0.15, 0.2) is 6.61 Å². The van der Waals surface area contributed by atoms with Crippen LogP contribution in [-0.4, -0.2) is 27.5 Å². The number of carbonyl (C=O) groups excluding carboxylic acids is 2. The Morgan fingerprint density at radius 1 is 1.09 bits per heavy atom. The Labute approximate surface area is 189 Å². The molecule has 0 unspecified atom stereocenters. The number of hydrogen-bond acceptors (Lipinski definition) is 8. The van der Waals surface area contributed by atoms with Gasteiger partial charge in [-0.25, -0.2) is 9.59 Å². The Balaban J connectivity index is 1.68. The predicted molar refractivity (Wildman–Crippen MR) is 119 cm³/mol. The number of esters is 1. The van der Waals surface area contributed by atoms with Crippen LogP contribution in [-0.2, 0) is 24.9 Å². The van der Waals surface area contributed by atoms with E-state index in [9.17, 15) is 19.2 Å². The predicted octanol–water partition coefficient (Wildman–Crippen LogP) is 2.00. The van der Waals surface area contributed by atoms with E-state index in [4.69, 9.17) is 19.6 Å². The maximum absolute atomic E-state index is 12.7. The van der Waals surface area contributed by atoms with Crippen LogP contribution in [0.1, 0.15) is 40.5 Å². The molecule has 10 nitrogen and oxygen atoms in total. The summed E-state index contributed by atoms with van der Waals surface area (Å²) in [6.07, 6.45) is 0. The quantitative estimate of drug-likeness (QED) is 0.382. The lowest BCUT2D eigenvalue weighted by atomic mass is 10.1. The SMILES string of the molecule is CC(C)Cn1c(N)c(C(=O)COC(=O)c2ccc(COc3ccccc3)o2)c(=O)n(C)c1=O. The first-order valence-electron chi connectivity index (χ1n) is 10.2. The van der Waals surface area contributed by atoms with Crippen LogP contribution in [0.25, 0.3) is 0 Å². The molecule has 2 N–H and O–H groups in total. The fourth-order valence-electron chi connectivity index (χ4n) is 3.10. The summed E-state index contributed by atoms with van der Waals surface area (Å²) in [6.45, 7) is 3.31. The zero-order valence-corrected chi connectivity index (χ0v) is 18.6. The second-order valence-electron chi connectivity index (χ2n) is 7.78. The van der Waals surface area contributed by atoms with Crippen molar-refractivity contribution in [1.82, 2.24) is 9.13 Å². The molecule has 174 valence electrons. The average Bonchev–Trinajstić information content (AvgIpc) is 3.27. The number of para-hydroxylation sites is 1. The second kappa shape index (κ2) is 10.0. The number of carbonyl (C=O) groups is 2.